The smallest absolute Gasteiger partial charge is 0.163 e. The van der Waals surface area contributed by atoms with Crippen LogP contribution in [0, 0.1) is 0 Å². The molecule has 38 heavy (non-hydrogen) atoms. The molecule has 0 bridgehead atoms. The molecule has 0 fully saturated rings. The van der Waals surface area contributed by atoms with Crippen molar-refractivity contribution >= 4 is 44.0 Å². The lowest BCUT2D eigenvalue weighted by Gasteiger charge is -2.22. The zero-order chi connectivity index (χ0) is 26.0. The highest BCUT2D eigenvalue weighted by molar-refractivity contribution is 6.15. The summed E-state index contributed by atoms with van der Waals surface area (Å²) in [5, 5.41) is 2.08. The molecule has 0 aliphatic carbocycles. The van der Waals surface area contributed by atoms with E-state index in [1.54, 1.807) is 12.4 Å². The molecule has 0 aliphatic rings. The summed E-state index contributed by atoms with van der Waals surface area (Å²) in [6.07, 6.45) is 3.43. The molecule has 0 saturated carbocycles. The van der Waals surface area contributed by atoms with Crippen molar-refractivity contribution in [3.8, 4) is 17.1 Å². The number of fused-ring (bicyclic) bond motifs is 6. The van der Waals surface area contributed by atoms with Gasteiger partial charge in [0.25, 0.3) is 0 Å². The third-order valence-corrected chi connectivity index (χ3v) is 7.47. The van der Waals surface area contributed by atoms with E-state index in [1.807, 2.05) is 12.1 Å². The van der Waals surface area contributed by atoms with Gasteiger partial charge in [0.1, 0.15) is 16.9 Å². The molecule has 0 N–H and O–H groups in total. The van der Waals surface area contributed by atoms with Crippen LogP contribution in [0.15, 0.2) is 89.6 Å². The first kappa shape index (κ1) is 22.7. The van der Waals surface area contributed by atoms with Gasteiger partial charge in [-0.3, -0.25) is 9.55 Å². The van der Waals surface area contributed by atoms with E-state index in [0.717, 1.165) is 55.4 Å². The number of nitrogens with zero attached hydrogens (tertiary/aromatic N) is 4. The van der Waals surface area contributed by atoms with Crippen LogP contribution < -0.4 is 0 Å². The molecule has 0 spiro atoms. The third kappa shape index (κ3) is 3.28. The Morgan fingerprint density at radius 1 is 0.658 bits per heavy atom. The molecule has 0 unspecified atom stereocenters. The lowest BCUT2D eigenvalue weighted by molar-refractivity contribution is 0.672. The molecule has 0 atom stereocenters. The van der Waals surface area contributed by atoms with Crippen LogP contribution in [0.3, 0.4) is 0 Å². The molecule has 3 aromatic heterocycles. The highest BCUT2D eigenvalue weighted by Crippen LogP contribution is 2.41. The van der Waals surface area contributed by atoms with Gasteiger partial charge in [0.05, 0.1) is 27.8 Å². The lowest BCUT2D eigenvalue weighted by atomic mass is 9.92. The Labute approximate surface area is 220 Å². The second-order valence-corrected chi connectivity index (χ2v) is 10.5. The van der Waals surface area contributed by atoms with Crippen LogP contribution in [-0.4, -0.2) is 19.5 Å². The van der Waals surface area contributed by atoms with E-state index < -0.39 is 0 Å². The maximum absolute atomic E-state index is 6.64. The monoisotopic (exact) mass is 496 g/mol. The number of furan rings is 1. The van der Waals surface area contributed by atoms with Crippen molar-refractivity contribution in [1.29, 1.82) is 0 Å². The second kappa shape index (κ2) is 8.52. The zero-order valence-electron chi connectivity index (χ0n) is 21.9. The Hall–Kier alpha value is -4.51. The van der Waals surface area contributed by atoms with Gasteiger partial charge in [-0.2, -0.15) is 0 Å². The summed E-state index contributed by atoms with van der Waals surface area (Å²) in [5.41, 5.74) is 9.98. The molecule has 3 heterocycles. The molecule has 186 valence electrons. The Bertz CT molecular complexity index is 1970. The topological polar surface area (TPSA) is 56.7 Å². The maximum Gasteiger partial charge on any atom is 0.163 e. The van der Waals surface area contributed by atoms with Crippen molar-refractivity contribution in [2.24, 2.45) is 0 Å². The predicted molar refractivity (Wildman–Crippen MR) is 155 cm³/mol. The van der Waals surface area contributed by atoms with Crippen molar-refractivity contribution in [2.45, 2.75) is 39.5 Å². The standard InChI is InChI=1S/C33H28N4O/c1-19(2)21-9-7-10-22(20(3)4)30(21)37-28-14-6-5-13-26(28)36-33(37)25-12-8-11-23-24-15-16-27-29(35-18-17-34-27)32(24)38-31(23)25/h5-20H,1-4H3. The molecule has 0 saturated heterocycles. The summed E-state index contributed by atoms with van der Waals surface area (Å²) >= 11 is 0. The van der Waals surface area contributed by atoms with Crippen LogP contribution in [-0.2, 0) is 0 Å². The second-order valence-electron chi connectivity index (χ2n) is 10.5. The lowest BCUT2D eigenvalue weighted by Crippen LogP contribution is -2.08. The first-order valence-corrected chi connectivity index (χ1v) is 13.2. The van der Waals surface area contributed by atoms with Gasteiger partial charge in [0.15, 0.2) is 5.58 Å². The first-order valence-electron chi connectivity index (χ1n) is 13.2. The van der Waals surface area contributed by atoms with Gasteiger partial charge in [-0.25, -0.2) is 9.97 Å². The summed E-state index contributed by atoms with van der Waals surface area (Å²) in [6, 6.07) is 25.5. The summed E-state index contributed by atoms with van der Waals surface area (Å²) in [5.74, 6) is 1.58. The van der Waals surface area contributed by atoms with E-state index in [2.05, 4.69) is 103 Å². The maximum atomic E-state index is 6.64. The molecule has 7 rings (SSSR count). The zero-order valence-corrected chi connectivity index (χ0v) is 21.9. The van der Waals surface area contributed by atoms with Crippen molar-refractivity contribution in [3.63, 3.8) is 0 Å². The normalized spacial score (nSPS) is 12.2. The Morgan fingerprint density at radius 3 is 2.16 bits per heavy atom. The quantitative estimate of drug-likeness (QED) is 0.244. The van der Waals surface area contributed by atoms with Crippen LogP contribution in [0.2, 0.25) is 0 Å². The average molecular weight is 497 g/mol. The fourth-order valence-electron chi connectivity index (χ4n) is 5.67. The van der Waals surface area contributed by atoms with Crippen molar-refractivity contribution in [2.75, 3.05) is 0 Å². The van der Waals surface area contributed by atoms with Gasteiger partial charge in [-0.1, -0.05) is 70.2 Å². The van der Waals surface area contributed by atoms with E-state index in [-0.39, 0.29) is 0 Å². The van der Waals surface area contributed by atoms with E-state index in [4.69, 9.17) is 9.40 Å². The molecule has 0 aliphatic heterocycles. The fraction of sp³-hybridized carbons (Fsp3) is 0.182. The predicted octanol–water partition coefficient (Wildman–Crippen LogP) is 8.78. The van der Waals surface area contributed by atoms with E-state index in [9.17, 15) is 0 Å². The Balaban J connectivity index is 1.62. The minimum Gasteiger partial charge on any atom is -0.453 e. The summed E-state index contributed by atoms with van der Waals surface area (Å²) < 4.78 is 8.98. The average Bonchev–Trinajstić information content (AvgIpc) is 3.51. The summed E-state index contributed by atoms with van der Waals surface area (Å²) in [4.78, 5) is 14.3. The van der Waals surface area contributed by atoms with E-state index >= 15 is 0 Å². The van der Waals surface area contributed by atoms with Crippen molar-refractivity contribution in [3.05, 3.63) is 96.3 Å². The number of imidazole rings is 1. The highest BCUT2D eigenvalue weighted by Gasteiger charge is 2.24. The van der Waals surface area contributed by atoms with E-state index in [1.165, 1.54) is 16.8 Å². The van der Waals surface area contributed by atoms with Gasteiger partial charge in [0, 0.05) is 23.2 Å². The Morgan fingerprint density at radius 2 is 1.37 bits per heavy atom. The number of rotatable bonds is 4. The molecule has 5 heteroatoms. The molecule has 4 aromatic carbocycles. The summed E-state index contributed by atoms with van der Waals surface area (Å²) in [6.45, 7) is 9.03. The molecule has 0 radical (unpaired) electrons. The number of hydrogen-bond donors (Lipinski definition) is 0. The highest BCUT2D eigenvalue weighted by atomic mass is 16.3. The Kier molecular flexibility index (Phi) is 5.08. The van der Waals surface area contributed by atoms with Crippen LogP contribution in [0.25, 0.3) is 61.1 Å². The number of aromatic nitrogens is 4. The van der Waals surface area contributed by atoms with Gasteiger partial charge in [-0.05, 0) is 53.3 Å². The molecule has 5 nitrogen and oxygen atoms in total. The van der Waals surface area contributed by atoms with Gasteiger partial charge >= 0.3 is 0 Å². The van der Waals surface area contributed by atoms with Gasteiger partial charge in [-0.15, -0.1) is 0 Å². The molecular weight excluding hydrogens is 468 g/mol. The number of benzene rings is 4. The minimum absolute atomic E-state index is 0.352. The molecule has 7 aromatic rings. The summed E-state index contributed by atoms with van der Waals surface area (Å²) in [7, 11) is 0. The van der Waals surface area contributed by atoms with Crippen LogP contribution >= 0.6 is 0 Å². The largest absolute Gasteiger partial charge is 0.453 e. The van der Waals surface area contributed by atoms with Crippen molar-refractivity contribution < 1.29 is 4.42 Å². The number of hydrogen-bond acceptors (Lipinski definition) is 4. The van der Waals surface area contributed by atoms with Crippen LogP contribution in [0.5, 0.6) is 0 Å². The van der Waals surface area contributed by atoms with Gasteiger partial charge in [0.2, 0.25) is 0 Å². The SMILES string of the molecule is CC(C)c1cccc(C(C)C)c1-n1c(-c2cccc3c2oc2c3ccc3nccnc32)nc2ccccc21. The number of para-hydroxylation sites is 4. The van der Waals surface area contributed by atoms with Crippen molar-refractivity contribution in [1.82, 2.24) is 19.5 Å². The fourth-order valence-corrected chi connectivity index (χ4v) is 5.67. The molecule has 0 amide bonds. The van der Waals surface area contributed by atoms with Crippen LogP contribution in [0.1, 0.15) is 50.7 Å². The van der Waals surface area contributed by atoms with Crippen LogP contribution in [0.4, 0.5) is 0 Å². The van der Waals surface area contributed by atoms with Gasteiger partial charge < -0.3 is 4.42 Å². The first-order chi connectivity index (χ1) is 18.5. The minimum atomic E-state index is 0.352. The third-order valence-electron chi connectivity index (χ3n) is 7.47. The van der Waals surface area contributed by atoms with E-state index in [0.29, 0.717) is 11.8 Å². The molecular formula is C33H28N4O.